The van der Waals surface area contributed by atoms with Crippen molar-refractivity contribution in [1.82, 2.24) is 0 Å². The smallest absolute Gasteiger partial charge is 0.475 e. The van der Waals surface area contributed by atoms with E-state index >= 15 is 0 Å². The van der Waals surface area contributed by atoms with Crippen LogP contribution in [-0.4, -0.2) is 34.5 Å². The van der Waals surface area contributed by atoms with Crippen LogP contribution in [0.3, 0.4) is 0 Å². The van der Waals surface area contributed by atoms with Crippen molar-refractivity contribution in [1.29, 1.82) is 0 Å². The molecule has 0 bridgehead atoms. The van der Waals surface area contributed by atoms with Crippen LogP contribution in [0.15, 0.2) is 36.4 Å². The average Bonchev–Trinajstić information content (AvgIpc) is 2.30. The molecule has 0 unspecified atom stereocenters. The van der Waals surface area contributed by atoms with Crippen LogP contribution >= 0.6 is 24.0 Å². The number of carboxylic acid groups (broad SMARTS) is 2. The Kier molecular flexibility index (Phi) is 13.0. The van der Waals surface area contributed by atoms with Crippen molar-refractivity contribution in [2.45, 2.75) is 12.4 Å². The number of alkyl halides is 6. The lowest BCUT2D eigenvalue weighted by atomic mass is 10.4. The van der Waals surface area contributed by atoms with Gasteiger partial charge in [0.25, 0.3) is 0 Å². The SMILES string of the molecule is I.O=C(O)C(F)(F)F.O=C(O)C(F)(F)F.c1ccccc1. The van der Waals surface area contributed by atoms with Crippen LogP contribution in [0.2, 0.25) is 0 Å². The third kappa shape index (κ3) is 18.5. The molecule has 122 valence electrons. The van der Waals surface area contributed by atoms with Crippen molar-refractivity contribution in [3.05, 3.63) is 36.4 Å². The molecule has 4 nitrogen and oxygen atoms in total. The van der Waals surface area contributed by atoms with Gasteiger partial charge in [-0.15, -0.1) is 24.0 Å². The molecule has 0 aliphatic carbocycles. The molecule has 0 amide bonds. The predicted octanol–water partition coefficient (Wildman–Crippen LogP) is 3.57. The summed E-state index contributed by atoms with van der Waals surface area (Å²) in [5, 5.41) is 14.2. The Bertz CT molecular complexity index is 354. The van der Waals surface area contributed by atoms with E-state index in [2.05, 4.69) is 0 Å². The first kappa shape index (κ1) is 24.5. The molecule has 1 rings (SSSR count). The third-order valence-corrected chi connectivity index (χ3v) is 1.15. The predicted molar refractivity (Wildman–Crippen MR) is 69.2 cm³/mol. The molecule has 1 aromatic carbocycles. The van der Waals surface area contributed by atoms with Crippen molar-refractivity contribution in [2.24, 2.45) is 0 Å². The Labute approximate surface area is 131 Å². The second-order valence-electron chi connectivity index (χ2n) is 2.76. The maximum atomic E-state index is 10.6. The van der Waals surface area contributed by atoms with E-state index in [1.807, 2.05) is 36.4 Å². The number of carboxylic acids is 2. The second kappa shape index (κ2) is 11.2. The molecule has 11 heteroatoms. The van der Waals surface area contributed by atoms with E-state index in [0.717, 1.165) is 0 Å². The fourth-order valence-electron chi connectivity index (χ4n) is 0.385. The summed E-state index contributed by atoms with van der Waals surface area (Å²) in [7, 11) is 0. The minimum atomic E-state index is -5.08. The van der Waals surface area contributed by atoms with Crippen LogP contribution in [0.25, 0.3) is 0 Å². The largest absolute Gasteiger partial charge is 0.490 e. The van der Waals surface area contributed by atoms with Crippen LogP contribution in [-0.2, 0) is 9.59 Å². The van der Waals surface area contributed by atoms with Gasteiger partial charge in [0, 0.05) is 0 Å². The van der Waals surface area contributed by atoms with Gasteiger partial charge in [-0.2, -0.15) is 26.3 Å². The van der Waals surface area contributed by atoms with Gasteiger partial charge in [-0.25, -0.2) is 9.59 Å². The fourth-order valence-corrected chi connectivity index (χ4v) is 0.385. The molecule has 0 aliphatic heterocycles. The molecule has 21 heavy (non-hydrogen) atoms. The molecular weight excluding hydrogens is 425 g/mol. The number of rotatable bonds is 0. The Morgan fingerprint density at radius 2 is 0.714 bits per heavy atom. The normalized spacial score (nSPS) is 9.81. The van der Waals surface area contributed by atoms with Gasteiger partial charge < -0.3 is 10.2 Å². The maximum Gasteiger partial charge on any atom is 0.490 e. The number of benzene rings is 1. The van der Waals surface area contributed by atoms with Gasteiger partial charge in [0.15, 0.2) is 0 Å². The first-order valence-corrected chi connectivity index (χ1v) is 4.49. The Balaban J connectivity index is -0.000000226. The Morgan fingerprint density at radius 1 is 0.619 bits per heavy atom. The van der Waals surface area contributed by atoms with Crippen molar-refractivity contribution >= 4 is 35.9 Å². The van der Waals surface area contributed by atoms with E-state index in [9.17, 15) is 26.3 Å². The summed E-state index contributed by atoms with van der Waals surface area (Å²) < 4.78 is 63.5. The zero-order valence-electron chi connectivity index (χ0n) is 9.85. The summed E-state index contributed by atoms with van der Waals surface area (Å²) in [6, 6.07) is 12.0. The monoisotopic (exact) mass is 434 g/mol. The summed E-state index contributed by atoms with van der Waals surface area (Å²) in [6.07, 6.45) is -10.2. The van der Waals surface area contributed by atoms with E-state index in [0.29, 0.717) is 0 Å². The zero-order chi connectivity index (χ0) is 16.4. The van der Waals surface area contributed by atoms with Gasteiger partial charge in [0.2, 0.25) is 0 Å². The topological polar surface area (TPSA) is 74.6 Å². The lowest BCUT2D eigenvalue weighted by molar-refractivity contribution is -0.193. The molecular formula is C10H9F6IO4. The quantitative estimate of drug-likeness (QED) is 0.484. The van der Waals surface area contributed by atoms with E-state index in [1.165, 1.54) is 0 Å². The number of aliphatic carboxylic acids is 2. The fraction of sp³-hybridized carbons (Fsp3) is 0.200. The first-order chi connectivity index (χ1) is 8.89. The van der Waals surface area contributed by atoms with Gasteiger partial charge in [0.1, 0.15) is 0 Å². The van der Waals surface area contributed by atoms with Crippen LogP contribution in [0.1, 0.15) is 0 Å². The summed E-state index contributed by atoms with van der Waals surface area (Å²) in [6.45, 7) is 0. The molecule has 0 atom stereocenters. The van der Waals surface area contributed by atoms with Gasteiger partial charge in [0.05, 0.1) is 0 Å². The number of hydrogen-bond acceptors (Lipinski definition) is 2. The molecule has 0 spiro atoms. The molecule has 0 aromatic heterocycles. The standard InChI is InChI=1S/C6H6.2C2HF3O2.HI/c1-2-4-6-5-3-1;2*3-2(4,5)1(6)7;/h1-6H;2*(H,6,7);1H. The minimum absolute atomic E-state index is 0. The summed E-state index contributed by atoms with van der Waals surface area (Å²) in [5.41, 5.74) is 0. The summed E-state index contributed by atoms with van der Waals surface area (Å²) in [4.78, 5) is 17.8. The van der Waals surface area contributed by atoms with Gasteiger partial charge in [-0.3, -0.25) is 0 Å². The van der Waals surface area contributed by atoms with E-state index in [-0.39, 0.29) is 24.0 Å². The van der Waals surface area contributed by atoms with Gasteiger partial charge >= 0.3 is 24.3 Å². The van der Waals surface area contributed by atoms with Crippen molar-refractivity contribution in [2.75, 3.05) is 0 Å². The van der Waals surface area contributed by atoms with Crippen molar-refractivity contribution in [3.8, 4) is 0 Å². The highest BCUT2D eigenvalue weighted by Gasteiger charge is 2.38. The number of halogens is 7. The zero-order valence-corrected chi connectivity index (χ0v) is 12.2. The second-order valence-corrected chi connectivity index (χ2v) is 2.76. The molecule has 0 fully saturated rings. The highest BCUT2D eigenvalue weighted by atomic mass is 127. The minimum Gasteiger partial charge on any atom is -0.475 e. The molecule has 2 N–H and O–H groups in total. The number of hydrogen-bond donors (Lipinski definition) is 2. The summed E-state index contributed by atoms with van der Waals surface area (Å²) >= 11 is 0. The molecule has 0 saturated carbocycles. The van der Waals surface area contributed by atoms with Crippen LogP contribution < -0.4 is 0 Å². The molecule has 0 radical (unpaired) electrons. The third-order valence-electron chi connectivity index (χ3n) is 1.15. The molecule has 0 heterocycles. The molecule has 1 aromatic rings. The average molecular weight is 434 g/mol. The Hall–Kier alpha value is -1.53. The van der Waals surface area contributed by atoms with Gasteiger partial charge in [-0.1, -0.05) is 36.4 Å². The number of carbonyl (C=O) groups is 2. The van der Waals surface area contributed by atoms with Crippen LogP contribution in [0.4, 0.5) is 26.3 Å². The highest BCUT2D eigenvalue weighted by Crippen LogP contribution is 2.13. The van der Waals surface area contributed by atoms with E-state index < -0.39 is 24.3 Å². The van der Waals surface area contributed by atoms with Gasteiger partial charge in [-0.05, 0) is 0 Å². The maximum absolute atomic E-state index is 10.6. The lowest BCUT2D eigenvalue weighted by Crippen LogP contribution is -2.21. The van der Waals surface area contributed by atoms with Crippen molar-refractivity contribution in [3.63, 3.8) is 0 Å². The Morgan fingerprint density at radius 3 is 0.762 bits per heavy atom. The van der Waals surface area contributed by atoms with E-state index in [4.69, 9.17) is 19.8 Å². The lowest BCUT2D eigenvalue weighted by Gasteiger charge is -1.93. The van der Waals surface area contributed by atoms with Crippen molar-refractivity contribution < 1.29 is 46.1 Å². The molecule has 0 aliphatic rings. The summed E-state index contributed by atoms with van der Waals surface area (Å²) in [5.74, 6) is -5.51. The van der Waals surface area contributed by atoms with Crippen LogP contribution in [0.5, 0.6) is 0 Å². The molecule has 0 saturated heterocycles. The van der Waals surface area contributed by atoms with E-state index in [1.54, 1.807) is 0 Å². The van der Waals surface area contributed by atoms with Crippen LogP contribution in [0, 0.1) is 0 Å². The first-order valence-electron chi connectivity index (χ1n) is 4.49. The highest BCUT2D eigenvalue weighted by molar-refractivity contribution is 14.0.